The molecule has 2 nitrogen and oxygen atoms in total. The zero-order valence-corrected chi connectivity index (χ0v) is 14.7. The van der Waals surface area contributed by atoms with Crippen LogP contribution in [-0.2, 0) is 4.79 Å². The van der Waals surface area contributed by atoms with Gasteiger partial charge in [0.1, 0.15) is 0 Å². The van der Waals surface area contributed by atoms with Crippen molar-refractivity contribution in [1.29, 1.82) is 0 Å². The van der Waals surface area contributed by atoms with Crippen molar-refractivity contribution in [2.24, 2.45) is 0 Å². The average molecular weight is 368 g/mol. The van der Waals surface area contributed by atoms with Crippen LogP contribution in [0.15, 0.2) is 72.8 Å². The minimum atomic E-state index is 0.0214. The van der Waals surface area contributed by atoms with E-state index in [4.69, 9.17) is 0 Å². The van der Waals surface area contributed by atoms with Gasteiger partial charge in [-0.2, -0.15) is 0 Å². The van der Waals surface area contributed by atoms with E-state index in [1.54, 1.807) is 6.92 Å². The molecule has 3 aromatic carbocycles. The van der Waals surface area contributed by atoms with Gasteiger partial charge in [-0.1, -0.05) is 0 Å². The first-order valence-electron chi connectivity index (χ1n) is 7.66. The van der Waals surface area contributed by atoms with Crippen molar-refractivity contribution in [1.82, 2.24) is 5.32 Å². The van der Waals surface area contributed by atoms with Crippen molar-refractivity contribution in [2.75, 3.05) is 0 Å². The van der Waals surface area contributed by atoms with Gasteiger partial charge in [-0.25, -0.2) is 0 Å². The van der Waals surface area contributed by atoms with Crippen LogP contribution in [0.4, 0.5) is 0 Å². The average Bonchev–Trinajstić information content (AvgIpc) is 2.59. The van der Waals surface area contributed by atoms with E-state index >= 15 is 0 Å². The van der Waals surface area contributed by atoms with Crippen LogP contribution in [0, 0.1) is 0 Å². The summed E-state index contributed by atoms with van der Waals surface area (Å²) >= 11 is 0.312. The molecule has 0 aliphatic carbocycles. The molecule has 0 radical (unpaired) electrons. The maximum atomic E-state index is 11.5. The third-order valence-corrected chi connectivity index (χ3v) is 6.00. The molecular formula is C20H19NOSe. The molecule has 3 aromatic rings. The Morgan fingerprint density at radius 1 is 0.957 bits per heavy atom. The summed E-state index contributed by atoms with van der Waals surface area (Å²) in [6, 6.07) is 25.4. The van der Waals surface area contributed by atoms with Crippen LogP contribution in [-0.4, -0.2) is 20.9 Å². The van der Waals surface area contributed by atoms with Gasteiger partial charge in [0.2, 0.25) is 0 Å². The van der Waals surface area contributed by atoms with Crippen LogP contribution in [0.3, 0.4) is 0 Å². The van der Waals surface area contributed by atoms with Gasteiger partial charge in [0, 0.05) is 0 Å². The second-order valence-electron chi connectivity index (χ2n) is 5.48. The molecule has 3 rings (SSSR count). The van der Waals surface area contributed by atoms with Gasteiger partial charge in [-0.15, -0.1) is 0 Å². The van der Waals surface area contributed by atoms with E-state index in [0.29, 0.717) is 15.0 Å². The molecular weight excluding hydrogens is 349 g/mol. The van der Waals surface area contributed by atoms with Gasteiger partial charge in [0.05, 0.1) is 0 Å². The zero-order valence-electron chi connectivity index (χ0n) is 13.0. The summed E-state index contributed by atoms with van der Waals surface area (Å²) < 4.78 is 1.36. The van der Waals surface area contributed by atoms with Gasteiger partial charge < -0.3 is 0 Å². The van der Waals surface area contributed by atoms with Gasteiger partial charge in [-0.3, -0.25) is 0 Å². The molecule has 1 atom stereocenters. The zero-order chi connectivity index (χ0) is 16.1. The van der Waals surface area contributed by atoms with Gasteiger partial charge >= 0.3 is 143 Å². The molecule has 0 saturated heterocycles. The second kappa shape index (κ2) is 7.45. The Morgan fingerprint density at radius 3 is 2.39 bits per heavy atom. The molecule has 3 heteroatoms. The Balaban J connectivity index is 1.75. The van der Waals surface area contributed by atoms with Crippen molar-refractivity contribution < 1.29 is 4.79 Å². The van der Waals surface area contributed by atoms with Crippen LogP contribution < -0.4 is 9.78 Å². The summed E-state index contributed by atoms with van der Waals surface area (Å²) in [6.45, 7) is 1.58. The number of benzene rings is 3. The topological polar surface area (TPSA) is 29.1 Å². The molecule has 1 unspecified atom stereocenters. The van der Waals surface area contributed by atoms with E-state index in [0.717, 1.165) is 5.32 Å². The number of amides is 1. The third kappa shape index (κ3) is 4.22. The summed E-state index contributed by atoms with van der Waals surface area (Å²) in [5.74, 6) is 0.0214. The Hall–Kier alpha value is -2.09. The van der Waals surface area contributed by atoms with Crippen molar-refractivity contribution in [3.63, 3.8) is 0 Å². The van der Waals surface area contributed by atoms with Crippen LogP contribution >= 0.6 is 0 Å². The molecule has 0 bridgehead atoms. The molecule has 0 aliphatic rings. The molecule has 23 heavy (non-hydrogen) atoms. The van der Waals surface area contributed by atoms with Crippen molar-refractivity contribution in [3.8, 4) is 0 Å². The Morgan fingerprint density at radius 2 is 1.65 bits per heavy atom. The summed E-state index contributed by atoms with van der Waals surface area (Å²) in [4.78, 5) is 11.5. The molecule has 0 heterocycles. The van der Waals surface area contributed by atoms with E-state index in [-0.39, 0.29) is 11.9 Å². The fourth-order valence-electron chi connectivity index (χ4n) is 2.59. The predicted octanol–water partition coefficient (Wildman–Crippen LogP) is 3.47. The fraction of sp³-hybridized carbons (Fsp3) is 0.150. The quantitative estimate of drug-likeness (QED) is 0.687. The first-order chi connectivity index (χ1) is 11.2. The Labute approximate surface area is 143 Å². The fourth-order valence-corrected chi connectivity index (χ4v) is 4.71. The Kier molecular flexibility index (Phi) is 5.12. The molecule has 0 spiro atoms. The van der Waals surface area contributed by atoms with E-state index in [1.807, 2.05) is 18.2 Å². The monoisotopic (exact) mass is 369 g/mol. The number of fused-ring (bicyclic) bond motifs is 1. The molecule has 1 N–H and O–H groups in total. The number of carbonyl (C=O) groups is 1. The van der Waals surface area contributed by atoms with Gasteiger partial charge in [-0.05, 0) is 0 Å². The number of hydrogen-bond donors (Lipinski definition) is 1. The van der Waals surface area contributed by atoms with Crippen molar-refractivity contribution in [2.45, 2.75) is 18.3 Å². The SMILES string of the molecule is CC(=O)NC(C[Se]c1ccc2ccccc2c1)c1ccccc1. The first kappa shape index (κ1) is 15.8. The maximum absolute atomic E-state index is 11.5. The minimum absolute atomic E-state index is 0.0214. The normalized spacial score (nSPS) is 12.0. The van der Waals surface area contributed by atoms with Gasteiger partial charge in [0.25, 0.3) is 0 Å². The van der Waals surface area contributed by atoms with Crippen molar-refractivity contribution in [3.05, 3.63) is 78.4 Å². The summed E-state index contributed by atoms with van der Waals surface area (Å²) in [7, 11) is 0. The van der Waals surface area contributed by atoms with E-state index in [2.05, 4.69) is 59.9 Å². The number of nitrogens with one attached hydrogen (secondary N) is 1. The van der Waals surface area contributed by atoms with Crippen molar-refractivity contribution >= 4 is 36.1 Å². The summed E-state index contributed by atoms with van der Waals surface area (Å²) in [5.41, 5.74) is 1.17. The standard InChI is InChI=1S/C20H19NOSe/c1-15(22)21-20(17-8-3-2-4-9-17)14-23-19-12-11-16-7-5-6-10-18(16)13-19/h2-13,20H,14H2,1H3,(H,21,22). The molecule has 0 saturated carbocycles. The number of rotatable bonds is 5. The first-order valence-corrected chi connectivity index (χ1v) is 9.73. The molecule has 0 aromatic heterocycles. The number of hydrogen-bond acceptors (Lipinski definition) is 1. The van der Waals surface area contributed by atoms with E-state index < -0.39 is 0 Å². The van der Waals surface area contributed by atoms with Crippen LogP contribution in [0.1, 0.15) is 18.5 Å². The molecule has 0 aliphatic heterocycles. The Bertz CT molecular complexity index is 801. The van der Waals surface area contributed by atoms with Crippen LogP contribution in [0.2, 0.25) is 5.32 Å². The molecule has 116 valence electrons. The summed E-state index contributed by atoms with van der Waals surface area (Å²) in [5, 5.41) is 6.59. The molecule has 0 fully saturated rings. The van der Waals surface area contributed by atoms with E-state index in [1.165, 1.54) is 20.8 Å². The molecule has 1 amide bonds. The van der Waals surface area contributed by atoms with Crippen LogP contribution in [0.25, 0.3) is 10.8 Å². The third-order valence-electron chi connectivity index (χ3n) is 3.72. The summed E-state index contributed by atoms with van der Waals surface area (Å²) in [6.07, 6.45) is 0. The number of carbonyl (C=O) groups excluding carboxylic acids is 1. The predicted molar refractivity (Wildman–Crippen MR) is 97.1 cm³/mol. The van der Waals surface area contributed by atoms with Gasteiger partial charge in [0.15, 0.2) is 0 Å². The second-order valence-corrected chi connectivity index (χ2v) is 7.78. The van der Waals surface area contributed by atoms with Crippen LogP contribution in [0.5, 0.6) is 0 Å². The van der Waals surface area contributed by atoms with E-state index in [9.17, 15) is 4.79 Å².